The number of ether oxygens (including phenoxy) is 1. The number of hydrogen-bond acceptors (Lipinski definition) is 5. The van der Waals surface area contributed by atoms with Crippen LogP contribution in [0.25, 0.3) is 0 Å². The third-order valence-corrected chi connectivity index (χ3v) is 5.41. The van der Waals surface area contributed by atoms with Gasteiger partial charge in [0.2, 0.25) is 10.0 Å². The Hall–Kier alpha value is -2.23. The molecular weight excluding hydrogens is 346 g/mol. The van der Waals surface area contributed by atoms with Gasteiger partial charge in [0.1, 0.15) is 11.6 Å². The normalized spacial score (nSPS) is 18.2. The van der Waals surface area contributed by atoms with Crippen molar-refractivity contribution in [2.75, 3.05) is 24.3 Å². The molecule has 0 aliphatic carbocycles. The number of amides is 2. The van der Waals surface area contributed by atoms with Crippen LogP contribution in [0.1, 0.15) is 13.3 Å². The molecule has 0 N–H and O–H groups in total. The molecule has 0 bridgehead atoms. The van der Waals surface area contributed by atoms with Crippen molar-refractivity contribution in [2.45, 2.75) is 19.4 Å². The highest BCUT2D eigenvalue weighted by atomic mass is 32.2. The van der Waals surface area contributed by atoms with Crippen molar-refractivity contribution in [3.05, 3.63) is 29.8 Å². The molecular formula is C14H16F2N2O5S. The molecule has 1 aromatic rings. The summed E-state index contributed by atoms with van der Waals surface area (Å²) in [7, 11) is -2.89. The van der Waals surface area contributed by atoms with E-state index in [0.717, 1.165) is 19.2 Å². The first-order valence-electron chi connectivity index (χ1n) is 7.09. The first-order valence-corrected chi connectivity index (χ1v) is 8.70. The van der Waals surface area contributed by atoms with Gasteiger partial charge in [0.25, 0.3) is 0 Å². The number of urea groups is 1. The molecule has 132 valence electrons. The van der Waals surface area contributed by atoms with Gasteiger partial charge < -0.3 is 4.74 Å². The molecule has 1 heterocycles. The Morgan fingerprint density at radius 1 is 1.38 bits per heavy atom. The number of halogens is 2. The lowest BCUT2D eigenvalue weighted by molar-refractivity contribution is -0.141. The second-order valence-corrected chi connectivity index (χ2v) is 7.15. The van der Waals surface area contributed by atoms with Crippen molar-refractivity contribution < 1.29 is 31.5 Å². The largest absolute Gasteiger partial charge is 0.467 e. The molecule has 24 heavy (non-hydrogen) atoms. The van der Waals surface area contributed by atoms with E-state index in [2.05, 4.69) is 4.74 Å². The molecule has 0 spiro atoms. The van der Waals surface area contributed by atoms with E-state index in [1.54, 1.807) is 6.92 Å². The summed E-state index contributed by atoms with van der Waals surface area (Å²) in [6.07, 6.45) is 0.264. The van der Waals surface area contributed by atoms with Gasteiger partial charge in [-0.2, -0.15) is 0 Å². The van der Waals surface area contributed by atoms with Crippen LogP contribution in [0.4, 0.5) is 19.3 Å². The van der Waals surface area contributed by atoms with E-state index in [1.807, 2.05) is 0 Å². The van der Waals surface area contributed by atoms with Crippen LogP contribution >= 0.6 is 0 Å². The SMILES string of the molecule is CCCS(=O)(=O)N1C[C@@H](C(=O)OC)N(c2ccc(F)cc2F)C1=O. The summed E-state index contributed by atoms with van der Waals surface area (Å²) in [5.41, 5.74) is -0.397. The molecule has 2 amide bonds. The molecule has 0 aromatic heterocycles. The number of sulfonamides is 1. The lowest BCUT2D eigenvalue weighted by Gasteiger charge is -2.21. The lowest BCUT2D eigenvalue weighted by atomic mass is 10.2. The highest BCUT2D eigenvalue weighted by Crippen LogP contribution is 2.30. The molecule has 2 rings (SSSR count). The fourth-order valence-electron chi connectivity index (χ4n) is 2.43. The van der Waals surface area contributed by atoms with E-state index in [4.69, 9.17) is 0 Å². The molecule has 1 aliphatic heterocycles. The smallest absolute Gasteiger partial charge is 0.339 e. The van der Waals surface area contributed by atoms with Crippen LogP contribution in [0.2, 0.25) is 0 Å². The molecule has 0 radical (unpaired) electrons. The van der Waals surface area contributed by atoms with Crippen molar-refractivity contribution >= 4 is 27.7 Å². The Kier molecular flexibility index (Phi) is 5.07. The molecule has 0 unspecified atom stereocenters. The molecule has 1 aliphatic rings. The van der Waals surface area contributed by atoms with Crippen molar-refractivity contribution in [1.82, 2.24) is 4.31 Å². The molecule has 1 fully saturated rings. The van der Waals surface area contributed by atoms with Gasteiger partial charge in [0.05, 0.1) is 25.1 Å². The summed E-state index contributed by atoms with van der Waals surface area (Å²) in [6.45, 7) is 1.12. The topological polar surface area (TPSA) is 84.0 Å². The van der Waals surface area contributed by atoms with Gasteiger partial charge >= 0.3 is 12.0 Å². The highest BCUT2D eigenvalue weighted by Gasteiger charge is 2.48. The van der Waals surface area contributed by atoms with E-state index >= 15 is 0 Å². The van der Waals surface area contributed by atoms with Gasteiger partial charge in [-0.25, -0.2) is 31.1 Å². The first kappa shape index (κ1) is 18.1. The van der Waals surface area contributed by atoms with E-state index in [-0.39, 0.29) is 12.2 Å². The van der Waals surface area contributed by atoms with Crippen molar-refractivity contribution in [3.63, 3.8) is 0 Å². The molecule has 1 saturated heterocycles. The maximum absolute atomic E-state index is 14.0. The number of anilines is 1. The van der Waals surface area contributed by atoms with Crippen molar-refractivity contribution in [1.29, 1.82) is 0 Å². The van der Waals surface area contributed by atoms with Gasteiger partial charge in [0.15, 0.2) is 6.04 Å². The Labute approximate surface area is 137 Å². The monoisotopic (exact) mass is 362 g/mol. The molecule has 10 heteroatoms. The first-order chi connectivity index (χ1) is 11.2. The van der Waals surface area contributed by atoms with Crippen LogP contribution in [-0.4, -0.2) is 50.2 Å². The number of benzene rings is 1. The van der Waals surface area contributed by atoms with Crippen LogP contribution in [-0.2, 0) is 19.6 Å². The minimum Gasteiger partial charge on any atom is -0.467 e. The van der Waals surface area contributed by atoms with Crippen molar-refractivity contribution in [3.8, 4) is 0 Å². The summed E-state index contributed by atoms with van der Waals surface area (Å²) < 4.78 is 56.6. The summed E-state index contributed by atoms with van der Waals surface area (Å²) in [5.74, 6) is -3.16. The van der Waals surface area contributed by atoms with Crippen molar-refractivity contribution in [2.24, 2.45) is 0 Å². The predicted molar refractivity (Wildman–Crippen MR) is 80.8 cm³/mol. The Morgan fingerprint density at radius 2 is 2.04 bits per heavy atom. The van der Waals surface area contributed by atoms with Crippen LogP contribution in [0, 0.1) is 11.6 Å². The Morgan fingerprint density at radius 3 is 2.58 bits per heavy atom. The fourth-order valence-corrected chi connectivity index (χ4v) is 3.87. The van der Waals surface area contributed by atoms with Gasteiger partial charge in [-0.05, 0) is 18.6 Å². The Balaban J connectivity index is 2.50. The average Bonchev–Trinajstić information content (AvgIpc) is 2.85. The number of carbonyl (C=O) groups is 2. The van der Waals surface area contributed by atoms with Crippen LogP contribution in [0.5, 0.6) is 0 Å². The predicted octanol–water partition coefficient (Wildman–Crippen LogP) is 1.49. The van der Waals surface area contributed by atoms with Crippen LogP contribution in [0.3, 0.4) is 0 Å². The number of rotatable bonds is 5. The molecule has 1 aromatic carbocycles. The summed E-state index contributed by atoms with van der Waals surface area (Å²) in [4.78, 5) is 25.1. The van der Waals surface area contributed by atoms with Gasteiger partial charge in [-0.15, -0.1) is 0 Å². The number of esters is 1. The summed E-state index contributed by atoms with van der Waals surface area (Å²) >= 11 is 0. The van der Waals surface area contributed by atoms with Gasteiger partial charge in [-0.1, -0.05) is 6.92 Å². The van der Waals surface area contributed by atoms with E-state index in [1.165, 1.54) is 0 Å². The fraction of sp³-hybridized carbons (Fsp3) is 0.429. The minimum absolute atomic E-state index is 0.264. The maximum Gasteiger partial charge on any atom is 0.339 e. The van der Waals surface area contributed by atoms with E-state index in [0.29, 0.717) is 15.3 Å². The average molecular weight is 362 g/mol. The summed E-state index contributed by atoms with van der Waals surface area (Å²) in [6, 6.07) is -0.0175. The number of carbonyl (C=O) groups excluding carboxylic acids is 2. The number of hydrogen-bond donors (Lipinski definition) is 0. The zero-order valence-electron chi connectivity index (χ0n) is 13.0. The number of methoxy groups -OCH3 is 1. The molecule has 1 atom stereocenters. The third-order valence-electron chi connectivity index (χ3n) is 3.51. The minimum atomic E-state index is -3.96. The summed E-state index contributed by atoms with van der Waals surface area (Å²) in [5, 5.41) is 0. The Bertz CT molecular complexity index is 768. The van der Waals surface area contributed by atoms with E-state index < -0.39 is 51.9 Å². The second kappa shape index (κ2) is 6.71. The standard InChI is InChI=1S/C14H16F2N2O5S/c1-3-6-24(21,22)17-8-12(13(19)23-2)18(14(17)20)11-5-4-9(15)7-10(11)16/h4-5,7,12H,3,6,8H2,1-2H3/t12-/m0/s1. The quantitative estimate of drug-likeness (QED) is 0.741. The zero-order valence-corrected chi connectivity index (χ0v) is 13.8. The van der Waals surface area contributed by atoms with Gasteiger partial charge in [-0.3, -0.25) is 4.90 Å². The molecule has 0 saturated carbocycles. The van der Waals surface area contributed by atoms with Crippen LogP contribution in [0.15, 0.2) is 18.2 Å². The highest BCUT2D eigenvalue weighted by molar-refractivity contribution is 7.89. The maximum atomic E-state index is 14.0. The van der Waals surface area contributed by atoms with Crippen LogP contribution < -0.4 is 4.90 Å². The third kappa shape index (κ3) is 3.18. The molecule has 7 nitrogen and oxygen atoms in total. The zero-order chi connectivity index (χ0) is 18.1. The van der Waals surface area contributed by atoms with Gasteiger partial charge in [0, 0.05) is 6.07 Å². The number of nitrogens with zero attached hydrogens (tertiary/aromatic N) is 2. The lowest BCUT2D eigenvalue weighted by Crippen LogP contribution is -2.41. The second-order valence-electron chi connectivity index (χ2n) is 5.13. The van der Waals surface area contributed by atoms with E-state index in [9.17, 15) is 26.8 Å².